The molecule has 2 aliphatic heterocycles. The van der Waals surface area contributed by atoms with Gasteiger partial charge in [0.05, 0.1) is 24.0 Å². The van der Waals surface area contributed by atoms with Gasteiger partial charge in [-0.05, 0) is 64.7 Å². The molecule has 218 valence electrons. The molecule has 3 rings (SSSR count). The Labute approximate surface area is 232 Å². The van der Waals surface area contributed by atoms with Crippen molar-refractivity contribution in [1.29, 1.82) is 0 Å². The lowest BCUT2D eigenvalue weighted by Crippen LogP contribution is -2.65. The molecule has 38 heavy (non-hydrogen) atoms. The highest BCUT2D eigenvalue weighted by molar-refractivity contribution is 7.99. The van der Waals surface area contributed by atoms with Gasteiger partial charge in [-0.3, -0.25) is 9.69 Å². The van der Waals surface area contributed by atoms with E-state index in [4.69, 9.17) is 29.9 Å². The van der Waals surface area contributed by atoms with Crippen molar-refractivity contribution in [1.82, 2.24) is 10.2 Å². The first-order valence-electron chi connectivity index (χ1n) is 13.1. The molecule has 9 atom stereocenters. The van der Waals surface area contributed by atoms with Gasteiger partial charge in [-0.1, -0.05) is 0 Å². The summed E-state index contributed by atoms with van der Waals surface area (Å²) in [5.41, 5.74) is -0.789. The summed E-state index contributed by atoms with van der Waals surface area (Å²) >= 11 is 7.67. The van der Waals surface area contributed by atoms with Crippen LogP contribution in [0.2, 0.25) is 0 Å². The summed E-state index contributed by atoms with van der Waals surface area (Å²) in [5.74, 6) is 0.0682. The fourth-order valence-corrected chi connectivity index (χ4v) is 6.19. The van der Waals surface area contributed by atoms with Crippen molar-refractivity contribution in [2.45, 2.75) is 99.8 Å². The first kappa shape index (κ1) is 31.4. The van der Waals surface area contributed by atoms with Gasteiger partial charge in [-0.15, -0.1) is 23.4 Å². The Morgan fingerprint density at radius 2 is 1.95 bits per heavy atom. The van der Waals surface area contributed by atoms with Crippen molar-refractivity contribution in [3.8, 4) is 0 Å². The Morgan fingerprint density at radius 3 is 2.55 bits per heavy atom. The zero-order chi connectivity index (χ0) is 28.0. The fraction of sp³-hybridized carbons (Fsp3) is 0.840. The Bertz CT molecular complexity index is 942. The third-order valence-corrected chi connectivity index (χ3v) is 8.68. The van der Waals surface area contributed by atoms with Gasteiger partial charge in [0.2, 0.25) is 5.91 Å². The quantitative estimate of drug-likeness (QED) is 0.220. The number of amides is 1. The van der Waals surface area contributed by atoms with E-state index in [-0.39, 0.29) is 12.5 Å². The van der Waals surface area contributed by atoms with E-state index >= 15 is 0 Å². The monoisotopic (exact) mass is 580 g/mol. The molecule has 13 heteroatoms. The number of ether oxygens (including phenoxy) is 2. The van der Waals surface area contributed by atoms with Gasteiger partial charge < -0.3 is 38.9 Å². The number of nitrogens with one attached hydrogen (secondary N) is 1. The number of aryl methyl sites for hydroxylation is 1. The highest BCUT2D eigenvalue weighted by Crippen LogP contribution is 2.31. The number of hydrogen-bond donors (Lipinski definition) is 4. The number of alkyl halides is 1. The van der Waals surface area contributed by atoms with E-state index in [1.807, 2.05) is 4.90 Å². The van der Waals surface area contributed by atoms with Gasteiger partial charge in [-0.2, -0.15) is 0 Å². The molecule has 11 nitrogen and oxygen atoms in total. The van der Waals surface area contributed by atoms with Gasteiger partial charge >= 0.3 is 5.82 Å². The number of rotatable bonds is 11. The van der Waals surface area contributed by atoms with Crippen molar-refractivity contribution in [2.75, 3.05) is 26.5 Å². The SMILES string of the molecule is COCCC[C@H]1CC[C@@H](C(=O)N[C@@H](C2O[C@H](SC)[C@H](O)[C@@H](O)[C@H]2O)[C@H](C)Cl)N(Cc2oc(=O)oc2C)CC1. The number of thioether (sulfide) groups is 1. The van der Waals surface area contributed by atoms with Crippen LogP contribution in [-0.4, -0.2) is 100.0 Å². The minimum atomic E-state index is -1.45. The molecule has 2 saturated heterocycles. The van der Waals surface area contributed by atoms with E-state index < -0.39 is 53.1 Å². The van der Waals surface area contributed by atoms with Crippen LogP contribution in [0.25, 0.3) is 0 Å². The van der Waals surface area contributed by atoms with Crippen molar-refractivity contribution in [3.63, 3.8) is 0 Å². The average molecular weight is 581 g/mol. The standard InChI is InChI=1S/C25H41ClN2O9S/c1-13(26)18(22-20(30)19(29)21(31)24(37-22)38-4)27-23(32)16-8-7-15(6-5-11-34-3)9-10-28(16)12-17-14(2)35-25(33)36-17/h13,15-16,18-22,24,29-31H,5-12H2,1-4H3,(H,27,32)/t13-,15-,16-,18+,19-,20+,21+,22?,24+/m0/s1. The van der Waals surface area contributed by atoms with Crippen LogP contribution in [0, 0.1) is 12.8 Å². The first-order valence-corrected chi connectivity index (χ1v) is 14.8. The van der Waals surface area contributed by atoms with Gasteiger partial charge in [0.1, 0.15) is 35.6 Å². The number of aliphatic hydroxyl groups is 3. The number of aliphatic hydroxyl groups excluding tert-OH is 3. The lowest BCUT2D eigenvalue weighted by Gasteiger charge is -2.44. The smallest absolute Gasteiger partial charge is 0.396 e. The minimum absolute atomic E-state index is 0.226. The molecule has 1 aromatic heterocycles. The zero-order valence-electron chi connectivity index (χ0n) is 22.4. The molecule has 0 radical (unpaired) electrons. The van der Waals surface area contributed by atoms with Gasteiger partial charge in [0.25, 0.3) is 0 Å². The van der Waals surface area contributed by atoms with Crippen molar-refractivity contribution >= 4 is 29.3 Å². The van der Waals surface area contributed by atoms with Crippen LogP contribution >= 0.6 is 23.4 Å². The lowest BCUT2D eigenvalue weighted by atomic mass is 9.92. The molecule has 1 aromatic rings. The molecule has 2 aliphatic rings. The molecule has 0 aliphatic carbocycles. The minimum Gasteiger partial charge on any atom is -0.396 e. The first-order chi connectivity index (χ1) is 18.1. The highest BCUT2D eigenvalue weighted by Gasteiger charge is 2.48. The topological polar surface area (TPSA) is 155 Å². The predicted octanol–water partition coefficient (Wildman–Crippen LogP) is 1.22. The molecule has 2 fully saturated rings. The summed E-state index contributed by atoms with van der Waals surface area (Å²) in [6, 6.07) is -1.40. The van der Waals surface area contributed by atoms with E-state index in [2.05, 4.69) is 5.32 Å². The van der Waals surface area contributed by atoms with Crippen molar-refractivity contribution < 1.29 is 38.4 Å². The largest absolute Gasteiger partial charge is 0.519 e. The fourth-order valence-electron chi connectivity index (χ4n) is 5.30. The van der Waals surface area contributed by atoms with E-state index in [0.717, 1.165) is 25.7 Å². The Morgan fingerprint density at radius 1 is 1.21 bits per heavy atom. The molecule has 0 spiro atoms. The summed E-state index contributed by atoms with van der Waals surface area (Å²) in [7, 11) is 1.68. The number of hydrogen-bond acceptors (Lipinski definition) is 11. The maximum absolute atomic E-state index is 13.8. The van der Waals surface area contributed by atoms with Crippen molar-refractivity contribution in [2.24, 2.45) is 5.92 Å². The van der Waals surface area contributed by atoms with E-state index in [9.17, 15) is 24.9 Å². The van der Waals surface area contributed by atoms with Crippen molar-refractivity contribution in [3.05, 3.63) is 22.1 Å². The molecule has 3 heterocycles. The molecular formula is C25H41ClN2O9S. The number of carbonyl (C=O) groups excluding carboxylic acids is 1. The van der Waals surface area contributed by atoms with Crippen LogP contribution in [0.5, 0.6) is 0 Å². The molecule has 1 amide bonds. The van der Waals surface area contributed by atoms with E-state index in [0.29, 0.717) is 37.0 Å². The maximum atomic E-state index is 13.8. The number of methoxy groups -OCH3 is 1. The number of nitrogens with zero attached hydrogens (tertiary/aromatic N) is 1. The normalized spacial score (nSPS) is 32.5. The molecule has 4 N–H and O–H groups in total. The highest BCUT2D eigenvalue weighted by atomic mass is 35.5. The van der Waals surface area contributed by atoms with Crippen LogP contribution in [0.3, 0.4) is 0 Å². The summed E-state index contributed by atoms with van der Waals surface area (Å²) in [6.07, 6.45) is 0.692. The maximum Gasteiger partial charge on any atom is 0.519 e. The lowest BCUT2D eigenvalue weighted by molar-refractivity contribution is -0.205. The number of carbonyl (C=O) groups is 1. The molecule has 0 saturated carbocycles. The summed E-state index contributed by atoms with van der Waals surface area (Å²) in [5, 5.41) is 33.7. The second-order valence-corrected chi connectivity index (χ2v) is 11.8. The van der Waals surface area contributed by atoms with E-state index in [1.165, 1.54) is 11.8 Å². The van der Waals surface area contributed by atoms with Gasteiger partial charge in [0, 0.05) is 13.7 Å². The summed E-state index contributed by atoms with van der Waals surface area (Å²) in [4.78, 5) is 27.4. The third-order valence-electron chi connectivity index (χ3n) is 7.56. The Kier molecular flexibility index (Phi) is 12.0. The zero-order valence-corrected chi connectivity index (χ0v) is 23.9. The van der Waals surface area contributed by atoms with E-state index in [1.54, 1.807) is 27.2 Å². The Balaban J connectivity index is 1.80. The number of halogens is 1. The summed E-state index contributed by atoms with van der Waals surface area (Å²) < 4.78 is 21.3. The van der Waals surface area contributed by atoms with Crippen LogP contribution in [0.4, 0.5) is 0 Å². The second-order valence-electron chi connectivity index (χ2n) is 10.2. The Hall–Kier alpha value is -1.12. The van der Waals surface area contributed by atoms with Crippen LogP contribution < -0.4 is 11.1 Å². The van der Waals surface area contributed by atoms with Crippen LogP contribution in [-0.2, 0) is 20.8 Å². The van der Waals surface area contributed by atoms with Crippen LogP contribution in [0.15, 0.2) is 13.6 Å². The molecule has 0 aromatic carbocycles. The number of likely N-dealkylation sites (tertiary alicyclic amines) is 1. The molecule has 0 bridgehead atoms. The summed E-state index contributed by atoms with van der Waals surface area (Å²) in [6.45, 7) is 4.83. The van der Waals surface area contributed by atoms with Gasteiger partial charge in [0.15, 0.2) is 5.76 Å². The van der Waals surface area contributed by atoms with Crippen LogP contribution in [0.1, 0.15) is 50.5 Å². The molecular weight excluding hydrogens is 540 g/mol. The predicted molar refractivity (Wildman–Crippen MR) is 142 cm³/mol. The average Bonchev–Trinajstić information content (AvgIpc) is 3.06. The second kappa shape index (κ2) is 14.5. The third kappa shape index (κ3) is 7.75. The molecule has 1 unspecified atom stereocenters. The van der Waals surface area contributed by atoms with Gasteiger partial charge in [-0.25, -0.2) is 4.79 Å².